The van der Waals surface area contributed by atoms with Crippen LogP contribution in [0.2, 0.25) is 0 Å². The number of urea groups is 1. The van der Waals surface area contributed by atoms with Crippen LogP contribution in [-0.2, 0) is 25.7 Å². The highest BCUT2D eigenvalue weighted by molar-refractivity contribution is 7.14. The molecule has 0 saturated carbocycles. The zero-order valence-corrected chi connectivity index (χ0v) is 26.5. The molecule has 46 heavy (non-hydrogen) atoms. The fourth-order valence-electron chi connectivity index (χ4n) is 5.40. The average molecular weight is 649 g/mol. The number of nitrogens with one attached hydrogen (secondary N) is 3. The van der Waals surface area contributed by atoms with E-state index in [1.54, 1.807) is 24.0 Å². The summed E-state index contributed by atoms with van der Waals surface area (Å²) in [7, 11) is 0. The van der Waals surface area contributed by atoms with Crippen molar-refractivity contribution in [3.05, 3.63) is 93.7 Å². The van der Waals surface area contributed by atoms with Crippen LogP contribution in [0, 0.1) is 0 Å². The number of aliphatic imine (C=N–C) groups is 1. The van der Waals surface area contributed by atoms with E-state index in [-0.39, 0.29) is 50.5 Å². The number of rotatable bonds is 14. The number of amides is 4. The van der Waals surface area contributed by atoms with Gasteiger partial charge in [-0.1, -0.05) is 60.7 Å². The minimum atomic E-state index is -0.848. The van der Waals surface area contributed by atoms with Crippen molar-refractivity contribution >= 4 is 41.0 Å². The van der Waals surface area contributed by atoms with Gasteiger partial charge in [-0.25, -0.2) is 4.79 Å². The number of carbonyl (C=O) groups is 4. The molecule has 1 aromatic heterocycles. The van der Waals surface area contributed by atoms with E-state index in [9.17, 15) is 19.2 Å². The van der Waals surface area contributed by atoms with Crippen LogP contribution in [0.3, 0.4) is 0 Å². The third-order valence-corrected chi connectivity index (χ3v) is 8.60. The van der Waals surface area contributed by atoms with Gasteiger partial charge >= 0.3 is 12.0 Å². The van der Waals surface area contributed by atoms with Gasteiger partial charge in [0.2, 0.25) is 11.8 Å². The number of nitrogens with zero attached hydrogens (tertiary/aromatic N) is 2. The summed E-state index contributed by atoms with van der Waals surface area (Å²) in [5, 5.41) is 17.4. The fraction of sp³-hybridized carbons (Fsp3) is 0.364. The van der Waals surface area contributed by atoms with Crippen LogP contribution in [0.1, 0.15) is 46.6 Å². The number of ether oxygens (including phenoxy) is 1. The topological polar surface area (TPSA) is 175 Å². The van der Waals surface area contributed by atoms with Gasteiger partial charge in [0.25, 0.3) is 0 Å². The lowest BCUT2D eigenvalue weighted by atomic mass is 9.84. The molecule has 0 unspecified atom stereocenters. The molecule has 2 atom stereocenters. The van der Waals surface area contributed by atoms with Crippen molar-refractivity contribution in [3.63, 3.8) is 0 Å². The van der Waals surface area contributed by atoms with Crippen molar-refractivity contribution in [3.8, 4) is 0 Å². The van der Waals surface area contributed by atoms with E-state index in [4.69, 9.17) is 15.6 Å². The molecule has 12 nitrogen and oxygen atoms in total. The van der Waals surface area contributed by atoms with Gasteiger partial charge in [-0.2, -0.15) is 4.99 Å². The predicted octanol–water partition coefficient (Wildman–Crippen LogP) is 2.12. The van der Waals surface area contributed by atoms with Crippen molar-refractivity contribution < 1.29 is 29.0 Å². The zero-order valence-electron chi connectivity index (χ0n) is 25.7. The number of thiophene rings is 1. The van der Waals surface area contributed by atoms with Gasteiger partial charge in [-0.05, 0) is 43.0 Å². The van der Waals surface area contributed by atoms with Crippen molar-refractivity contribution in [2.45, 2.75) is 44.3 Å². The van der Waals surface area contributed by atoms with Crippen LogP contribution < -0.4 is 21.7 Å². The number of aliphatic hydroxyl groups is 1. The molecule has 1 fully saturated rings. The summed E-state index contributed by atoms with van der Waals surface area (Å²) in [5.74, 6) is -1.44. The number of carbonyl (C=O) groups excluding carboxylic acids is 4. The Hall–Kier alpha value is -4.59. The first-order valence-electron chi connectivity index (χ1n) is 15.2. The van der Waals surface area contributed by atoms with E-state index in [0.29, 0.717) is 24.3 Å². The Balaban J connectivity index is 1.51. The zero-order chi connectivity index (χ0) is 32.9. The molecule has 1 aliphatic rings. The maximum Gasteiger partial charge on any atom is 0.343 e. The molecule has 1 aliphatic heterocycles. The third kappa shape index (κ3) is 9.22. The Bertz CT molecular complexity index is 1460. The normalized spacial score (nSPS) is 15.4. The lowest BCUT2D eigenvalue weighted by Crippen LogP contribution is -2.55. The molecular formula is C33H40N6O6S. The molecule has 244 valence electrons. The number of hydrogen-bond donors (Lipinski definition) is 5. The van der Waals surface area contributed by atoms with E-state index in [1.165, 1.54) is 11.3 Å². The molecule has 4 amide bonds. The van der Waals surface area contributed by atoms with Crippen LogP contribution in [0.25, 0.3) is 0 Å². The van der Waals surface area contributed by atoms with Gasteiger partial charge in [-0.15, -0.1) is 11.3 Å². The van der Waals surface area contributed by atoms with E-state index >= 15 is 0 Å². The fourth-order valence-corrected chi connectivity index (χ4v) is 6.25. The van der Waals surface area contributed by atoms with Crippen LogP contribution in [0.5, 0.6) is 0 Å². The Labute approximate surface area is 272 Å². The summed E-state index contributed by atoms with van der Waals surface area (Å²) < 4.78 is 5.14. The number of nitrogens with two attached hydrogens (primary N) is 1. The highest BCUT2D eigenvalue weighted by Gasteiger charge is 2.40. The largest absolute Gasteiger partial charge is 0.465 e. The Morgan fingerprint density at radius 3 is 2.33 bits per heavy atom. The molecule has 4 rings (SSSR count). The number of esters is 1. The number of likely N-dealkylation sites (tertiary alicyclic amines) is 1. The minimum absolute atomic E-state index is 0.0262. The first kappa shape index (κ1) is 34.3. The minimum Gasteiger partial charge on any atom is -0.465 e. The predicted molar refractivity (Wildman–Crippen MR) is 175 cm³/mol. The lowest BCUT2D eigenvalue weighted by molar-refractivity contribution is -0.143. The lowest BCUT2D eigenvalue weighted by Gasteiger charge is -2.33. The second-order valence-electron chi connectivity index (χ2n) is 10.6. The number of amidine groups is 1. The highest BCUT2D eigenvalue weighted by Crippen LogP contribution is 2.31. The van der Waals surface area contributed by atoms with Gasteiger partial charge in [0.05, 0.1) is 37.2 Å². The SMILES string of the molecule is CCOC(=O)CN[C@@H](C(=O)N1CCC[C@H]1C(=O)NCc1ccc(/C(N)=N/C(=O)NCCO)s1)C(c1ccccc1)c1ccccc1. The first-order valence-corrected chi connectivity index (χ1v) is 16.0. The van der Waals surface area contributed by atoms with Crippen molar-refractivity contribution in [1.82, 2.24) is 20.9 Å². The molecule has 13 heteroatoms. The third-order valence-electron chi connectivity index (χ3n) is 7.49. The van der Waals surface area contributed by atoms with E-state index < -0.39 is 30.0 Å². The Kier molecular flexibility index (Phi) is 12.8. The smallest absolute Gasteiger partial charge is 0.343 e. The molecule has 1 saturated heterocycles. The van der Waals surface area contributed by atoms with E-state index in [0.717, 1.165) is 16.0 Å². The summed E-state index contributed by atoms with van der Waals surface area (Å²) in [6.45, 7) is 2.25. The van der Waals surface area contributed by atoms with E-state index in [2.05, 4.69) is 20.9 Å². The first-order chi connectivity index (χ1) is 22.3. The van der Waals surface area contributed by atoms with Gasteiger partial charge in [0.15, 0.2) is 0 Å². The molecule has 3 aromatic rings. The standard InChI is InChI=1S/C33H40N6O6S/c1-2-45-27(41)21-36-29(28(22-10-5-3-6-11-22)23-12-7-4-8-13-23)32(43)39-18-9-14-25(39)31(42)37-20-24-15-16-26(46-24)30(34)38-33(44)35-17-19-40/h3-8,10-13,15-16,25,28-29,36,40H,2,9,14,17-21H2,1H3,(H,37,42)(H3,34,35,38,44)/t25-,29+/m0/s1. The Morgan fingerprint density at radius 2 is 1.70 bits per heavy atom. The molecular weight excluding hydrogens is 608 g/mol. The molecule has 0 radical (unpaired) electrons. The second-order valence-corrected chi connectivity index (χ2v) is 11.8. The molecule has 6 N–H and O–H groups in total. The molecule has 0 spiro atoms. The number of aliphatic hydroxyl groups excluding tert-OH is 1. The number of benzene rings is 2. The molecule has 0 bridgehead atoms. The van der Waals surface area contributed by atoms with Crippen LogP contribution >= 0.6 is 11.3 Å². The van der Waals surface area contributed by atoms with Crippen molar-refractivity contribution in [2.24, 2.45) is 10.7 Å². The summed E-state index contributed by atoms with van der Waals surface area (Å²) in [6, 6.07) is 20.6. The van der Waals surface area contributed by atoms with Crippen molar-refractivity contribution in [2.75, 3.05) is 32.8 Å². The highest BCUT2D eigenvalue weighted by atomic mass is 32.1. The van der Waals surface area contributed by atoms with Crippen LogP contribution in [0.15, 0.2) is 77.8 Å². The average Bonchev–Trinajstić information content (AvgIpc) is 3.76. The quantitative estimate of drug-likeness (QED) is 0.100. The molecule has 0 aliphatic carbocycles. The van der Waals surface area contributed by atoms with Crippen molar-refractivity contribution in [1.29, 1.82) is 0 Å². The van der Waals surface area contributed by atoms with Crippen LogP contribution in [-0.4, -0.2) is 84.6 Å². The van der Waals surface area contributed by atoms with Gasteiger partial charge < -0.3 is 31.1 Å². The Morgan fingerprint density at radius 1 is 1.02 bits per heavy atom. The summed E-state index contributed by atoms with van der Waals surface area (Å²) >= 11 is 1.28. The maximum absolute atomic E-state index is 14.4. The van der Waals surface area contributed by atoms with Gasteiger partial charge in [0, 0.05) is 23.9 Å². The van der Waals surface area contributed by atoms with E-state index in [1.807, 2.05) is 60.7 Å². The second kappa shape index (κ2) is 17.2. The molecule has 2 heterocycles. The summed E-state index contributed by atoms with van der Waals surface area (Å²) in [4.78, 5) is 58.8. The van der Waals surface area contributed by atoms with Gasteiger partial charge in [-0.3, -0.25) is 19.7 Å². The monoisotopic (exact) mass is 648 g/mol. The van der Waals surface area contributed by atoms with Crippen LogP contribution in [0.4, 0.5) is 4.79 Å². The maximum atomic E-state index is 14.4. The molecule has 2 aromatic carbocycles. The number of hydrogen-bond acceptors (Lipinski definition) is 8. The summed E-state index contributed by atoms with van der Waals surface area (Å²) in [5.41, 5.74) is 7.74. The summed E-state index contributed by atoms with van der Waals surface area (Å²) in [6.07, 6.45) is 1.16. The van der Waals surface area contributed by atoms with Gasteiger partial charge in [0.1, 0.15) is 11.9 Å².